The maximum absolute atomic E-state index is 12.5. The number of nitrogens with one attached hydrogen (secondary N) is 1. The van der Waals surface area contributed by atoms with E-state index in [4.69, 9.17) is 10.5 Å². The zero-order valence-corrected chi connectivity index (χ0v) is 16.1. The van der Waals surface area contributed by atoms with Crippen LogP contribution in [0.15, 0.2) is 36.4 Å². The molecule has 0 aliphatic heterocycles. The topological polar surface area (TPSA) is 64.3 Å². The van der Waals surface area contributed by atoms with Crippen LogP contribution < -0.4 is 15.8 Å². The fourth-order valence-electron chi connectivity index (χ4n) is 2.82. The lowest BCUT2D eigenvalue weighted by Gasteiger charge is -2.20. The Kier molecular flexibility index (Phi) is 8.73. The van der Waals surface area contributed by atoms with E-state index in [1.807, 2.05) is 37.3 Å². The zero-order valence-electron chi connectivity index (χ0n) is 15.2. The molecule has 0 aromatic heterocycles. The van der Waals surface area contributed by atoms with Crippen molar-refractivity contribution in [3.8, 4) is 5.75 Å². The second-order valence-electron chi connectivity index (χ2n) is 6.28. The van der Waals surface area contributed by atoms with Gasteiger partial charge in [-0.05, 0) is 41.8 Å². The van der Waals surface area contributed by atoms with E-state index in [0.29, 0.717) is 6.54 Å². The molecule has 138 valence electrons. The van der Waals surface area contributed by atoms with E-state index in [9.17, 15) is 4.79 Å². The molecule has 0 fully saturated rings. The number of hydrogen-bond donors (Lipinski definition) is 2. The average molecular weight is 365 g/mol. The number of benzene rings is 2. The third-order valence-electron chi connectivity index (χ3n) is 4.50. The van der Waals surface area contributed by atoms with Crippen LogP contribution in [-0.2, 0) is 4.79 Å². The SMILES string of the molecule is CCCCC(CN)NC(=O)C(C)c1ccc2cc(OC)ccc2c1.Cl. The molecule has 2 unspecified atom stereocenters. The van der Waals surface area contributed by atoms with Crippen molar-refractivity contribution in [2.75, 3.05) is 13.7 Å². The Morgan fingerprint density at radius 1 is 1.20 bits per heavy atom. The van der Waals surface area contributed by atoms with Crippen LogP contribution in [0.2, 0.25) is 0 Å². The van der Waals surface area contributed by atoms with E-state index in [-0.39, 0.29) is 30.3 Å². The minimum atomic E-state index is -0.202. The Balaban J connectivity index is 0.00000312. The van der Waals surface area contributed by atoms with Crippen LogP contribution in [0.3, 0.4) is 0 Å². The summed E-state index contributed by atoms with van der Waals surface area (Å²) < 4.78 is 5.25. The first-order chi connectivity index (χ1) is 11.6. The molecule has 0 spiro atoms. The highest BCUT2D eigenvalue weighted by atomic mass is 35.5. The third kappa shape index (κ3) is 5.62. The highest BCUT2D eigenvalue weighted by Crippen LogP contribution is 2.25. The Labute approximate surface area is 156 Å². The summed E-state index contributed by atoms with van der Waals surface area (Å²) in [5.74, 6) is 0.671. The molecule has 0 aliphatic rings. The van der Waals surface area contributed by atoms with Crippen LogP contribution >= 0.6 is 12.4 Å². The van der Waals surface area contributed by atoms with Gasteiger partial charge in [-0.25, -0.2) is 0 Å². The first-order valence-corrected chi connectivity index (χ1v) is 8.67. The molecule has 0 saturated carbocycles. The van der Waals surface area contributed by atoms with Gasteiger partial charge in [-0.15, -0.1) is 12.4 Å². The van der Waals surface area contributed by atoms with Gasteiger partial charge in [0.1, 0.15) is 5.75 Å². The van der Waals surface area contributed by atoms with Gasteiger partial charge in [0.05, 0.1) is 13.0 Å². The summed E-state index contributed by atoms with van der Waals surface area (Å²) in [5.41, 5.74) is 6.79. The van der Waals surface area contributed by atoms with Crippen LogP contribution in [0.25, 0.3) is 10.8 Å². The van der Waals surface area contributed by atoms with E-state index in [2.05, 4.69) is 18.3 Å². The fourth-order valence-corrected chi connectivity index (χ4v) is 2.82. The minimum absolute atomic E-state index is 0. The predicted octanol–water partition coefficient (Wildman–Crippen LogP) is 4.01. The second kappa shape index (κ2) is 10.3. The second-order valence-corrected chi connectivity index (χ2v) is 6.28. The number of methoxy groups -OCH3 is 1. The summed E-state index contributed by atoms with van der Waals surface area (Å²) in [4.78, 5) is 12.5. The molecule has 0 aliphatic carbocycles. The van der Waals surface area contributed by atoms with Gasteiger partial charge in [0.25, 0.3) is 0 Å². The van der Waals surface area contributed by atoms with Gasteiger partial charge >= 0.3 is 0 Å². The molecule has 0 bridgehead atoms. The van der Waals surface area contributed by atoms with Crippen molar-refractivity contribution in [3.05, 3.63) is 42.0 Å². The van der Waals surface area contributed by atoms with E-state index in [1.54, 1.807) is 7.11 Å². The van der Waals surface area contributed by atoms with E-state index in [0.717, 1.165) is 41.3 Å². The van der Waals surface area contributed by atoms with E-state index >= 15 is 0 Å². The lowest BCUT2D eigenvalue weighted by atomic mass is 9.96. The zero-order chi connectivity index (χ0) is 17.5. The lowest BCUT2D eigenvalue weighted by molar-refractivity contribution is -0.122. The molecule has 4 nitrogen and oxygen atoms in total. The summed E-state index contributed by atoms with van der Waals surface area (Å²) in [6.45, 7) is 4.56. The van der Waals surface area contributed by atoms with Gasteiger partial charge < -0.3 is 15.8 Å². The largest absolute Gasteiger partial charge is 0.497 e. The Hall–Kier alpha value is -1.78. The van der Waals surface area contributed by atoms with Gasteiger partial charge in [0, 0.05) is 12.6 Å². The summed E-state index contributed by atoms with van der Waals surface area (Å²) in [7, 11) is 1.66. The molecular formula is C20H29ClN2O2. The molecule has 2 rings (SSSR count). The quantitative estimate of drug-likeness (QED) is 0.743. The van der Waals surface area contributed by atoms with Crippen molar-refractivity contribution >= 4 is 29.1 Å². The van der Waals surface area contributed by atoms with Crippen LogP contribution in [-0.4, -0.2) is 25.6 Å². The fraction of sp³-hybridized carbons (Fsp3) is 0.450. The van der Waals surface area contributed by atoms with Gasteiger partial charge in [-0.1, -0.05) is 44.0 Å². The van der Waals surface area contributed by atoms with E-state index in [1.165, 1.54) is 0 Å². The third-order valence-corrected chi connectivity index (χ3v) is 4.50. The van der Waals surface area contributed by atoms with Crippen molar-refractivity contribution in [2.45, 2.75) is 45.1 Å². The van der Waals surface area contributed by atoms with Crippen molar-refractivity contribution in [2.24, 2.45) is 5.73 Å². The highest BCUT2D eigenvalue weighted by Gasteiger charge is 2.18. The molecular weight excluding hydrogens is 336 g/mol. The molecule has 0 radical (unpaired) electrons. The van der Waals surface area contributed by atoms with E-state index < -0.39 is 0 Å². The monoisotopic (exact) mass is 364 g/mol. The van der Waals surface area contributed by atoms with Crippen LogP contribution in [0.1, 0.15) is 44.6 Å². The molecule has 5 heteroatoms. The maximum Gasteiger partial charge on any atom is 0.227 e. The molecule has 1 amide bonds. The number of ether oxygens (including phenoxy) is 1. The number of amides is 1. The molecule has 2 aromatic rings. The summed E-state index contributed by atoms with van der Waals surface area (Å²) in [6, 6.07) is 12.1. The van der Waals surface area contributed by atoms with Gasteiger partial charge in [0.2, 0.25) is 5.91 Å². The average Bonchev–Trinajstić information content (AvgIpc) is 2.63. The predicted molar refractivity (Wildman–Crippen MR) is 107 cm³/mol. The summed E-state index contributed by atoms with van der Waals surface area (Å²) >= 11 is 0. The molecule has 3 N–H and O–H groups in total. The molecule has 0 heterocycles. The summed E-state index contributed by atoms with van der Waals surface area (Å²) in [6.07, 6.45) is 3.12. The lowest BCUT2D eigenvalue weighted by Crippen LogP contribution is -2.42. The van der Waals surface area contributed by atoms with Crippen molar-refractivity contribution in [1.29, 1.82) is 0 Å². The van der Waals surface area contributed by atoms with Crippen LogP contribution in [0.4, 0.5) is 0 Å². The number of fused-ring (bicyclic) bond motifs is 1. The Bertz CT molecular complexity index is 690. The number of rotatable bonds is 8. The number of carbonyl (C=O) groups excluding carboxylic acids is 1. The number of unbranched alkanes of at least 4 members (excludes halogenated alkanes) is 1. The first kappa shape index (κ1) is 21.3. The standard InChI is InChI=1S/C20H28N2O2.ClH/c1-4-5-6-18(13-21)22-20(23)14(2)15-7-8-17-12-19(24-3)10-9-16(17)11-15;/h7-12,14,18H,4-6,13,21H2,1-3H3,(H,22,23);1H. The Morgan fingerprint density at radius 3 is 2.52 bits per heavy atom. The van der Waals surface area contributed by atoms with Crippen molar-refractivity contribution in [1.82, 2.24) is 5.32 Å². The van der Waals surface area contributed by atoms with Crippen molar-refractivity contribution in [3.63, 3.8) is 0 Å². The molecule has 2 aromatic carbocycles. The Morgan fingerprint density at radius 2 is 1.88 bits per heavy atom. The summed E-state index contributed by atoms with van der Waals surface area (Å²) in [5, 5.41) is 5.29. The molecule has 25 heavy (non-hydrogen) atoms. The van der Waals surface area contributed by atoms with Crippen LogP contribution in [0.5, 0.6) is 5.75 Å². The molecule has 0 saturated heterocycles. The smallest absolute Gasteiger partial charge is 0.227 e. The van der Waals surface area contributed by atoms with Gasteiger partial charge in [-0.3, -0.25) is 4.79 Å². The molecule has 2 atom stereocenters. The normalized spacial score (nSPS) is 13.0. The highest BCUT2D eigenvalue weighted by molar-refractivity contribution is 5.88. The van der Waals surface area contributed by atoms with Gasteiger partial charge in [-0.2, -0.15) is 0 Å². The van der Waals surface area contributed by atoms with Crippen LogP contribution in [0, 0.1) is 0 Å². The number of carbonyl (C=O) groups is 1. The van der Waals surface area contributed by atoms with Gasteiger partial charge in [0.15, 0.2) is 0 Å². The first-order valence-electron chi connectivity index (χ1n) is 8.67. The maximum atomic E-state index is 12.5. The number of halogens is 1. The minimum Gasteiger partial charge on any atom is -0.497 e. The number of hydrogen-bond acceptors (Lipinski definition) is 3. The number of nitrogens with two attached hydrogens (primary N) is 1. The van der Waals surface area contributed by atoms with Crippen molar-refractivity contribution < 1.29 is 9.53 Å².